The summed E-state index contributed by atoms with van der Waals surface area (Å²) in [5.74, 6) is -1.02. The molecule has 1 N–H and O–H groups in total. The fourth-order valence-corrected chi connectivity index (χ4v) is 7.88. The summed E-state index contributed by atoms with van der Waals surface area (Å²) in [4.78, 5) is 15.7. The smallest absolute Gasteiger partial charge is 0.377 e. The Morgan fingerprint density at radius 3 is 2.21 bits per heavy atom. The Bertz CT molecular complexity index is 1500. The maximum Gasteiger partial charge on any atom is 0.416 e. The first-order valence-corrected chi connectivity index (χ1v) is 16.9. The van der Waals surface area contributed by atoms with Gasteiger partial charge in [0.25, 0.3) is 0 Å². The molecule has 3 unspecified atom stereocenters. The second-order valence-corrected chi connectivity index (χ2v) is 14.6. The topological polar surface area (TPSA) is 113 Å². The number of ether oxygens (including phenoxy) is 1. The van der Waals surface area contributed by atoms with Crippen molar-refractivity contribution in [3.63, 3.8) is 0 Å². The van der Waals surface area contributed by atoms with Gasteiger partial charge in [0.05, 0.1) is 41.7 Å². The van der Waals surface area contributed by atoms with Crippen LogP contribution in [0, 0.1) is 0 Å². The minimum absolute atomic E-state index is 0.0106. The number of amides is 1. The van der Waals surface area contributed by atoms with Crippen molar-refractivity contribution in [3.8, 4) is 0 Å². The van der Waals surface area contributed by atoms with Crippen molar-refractivity contribution in [2.75, 3.05) is 26.3 Å². The van der Waals surface area contributed by atoms with E-state index in [2.05, 4.69) is 11.3 Å². The summed E-state index contributed by atoms with van der Waals surface area (Å²) in [6, 6.07) is 9.57. The van der Waals surface area contributed by atoms with E-state index in [0.29, 0.717) is 37.2 Å². The van der Waals surface area contributed by atoms with Crippen LogP contribution in [0.5, 0.6) is 0 Å². The molecule has 236 valence electrons. The SMILES string of the molecule is C=CS(=O)(=O)NC[C@H]1CCCN1S(=O)(=O)c1ccc(C(Cc2ccc(C(F)(F)F)cc2)C(=O)N2C(C)COCC2C)cc1. The van der Waals surface area contributed by atoms with Crippen LogP contribution in [-0.2, 0) is 42.2 Å². The molecular formula is C29H36F3N3O6S2. The van der Waals surface area contributed by atoms with Crippen molar-refractivity contribution in [2.45, 2.75) is 68.2 Å². The lowest BCUT2D eigenvalue weighted by Gasteiger charge is -2.40. The maximum atomic E-state index is 14.0. The van der Waals surface area contributed by atoms with E-state index in [9.17, 15) is 34.8 Å². The molecule has 14 heteroatoms. The van der Waals surface area contributed by atoms with Gasteiger partial charge in [-0.1, -0.05) is 30.8 Å². The molecule has 9 nitrogen and oxygen atoms in total. The van der Waals surface area contributed by atoms with Crippen molar-refractivity contribution < 1.29 is 39.5 Å². The Labute approximate surface area is 250 Å². The molecule has 1 amide bonds. The molecule has 4 atom stereocenters. The van der Waals surface area contributed by atoms with E-state index in [1.54, 1.807) is 17.0 Å². The van der Waals surface area contributed by atoms with E-state index in [4.69, 9.17) is 4.74 Å². The van der Waals surface area contributed by atoms with Gasteiger partial charge in [0.15, 0.2) is 0 Å². The van der Waals surface area contributed by atoms with Gasteiger partial charge in [0.1, 0.15) is 0 Å². The average molecular weight is 644 g/mol. The number of hydrogen-bond donors (Lipinski definition) is 1. The lowest BCUT2D eigenvalue weighted by atomic mass is 9.89. The van der Waals surface area contributed by atoms with Crippen LogP contribution in [0.1, 0.15) is 49.3 Å². The Balaban J connectivity index is 1.62. The molecule has 4 rings (SSSR count). The zero-order valence-electron chi connectivity index (χ0n) is 24.0. The van der Waals surface area contributed by atoms with E-state index in [-0.39, 0.29) is 42.4 Å². The second-order valence-electron chi connectivity index (χ2n) is 11.0. The number of morpholine rings is 1. The van der Waals surface area contributed by atoms with Crippen molar-refractivity contribution >= 4 is 26.0 Å². The van der Waals surface area contributed by atoms with E-state index >= 15 is 0 Å². The van der Waals surface area contributed by atoms with Gasteiger partial charge in [0, 0.05) is 24.5 Å². The van der Waals surface area contributed by atoms with Gasteiger partial charge in [0.2, 0.25) is 26.0 Å². The Kier molecular flexibility index (Phi) is 10.1. The second kappa shape index (κ2) is 13.1. The minimum Gasteiger partial charge on any atom is -0.377 e. The predicted molar refractivity (Wildman–Crippen MR) is 155 cm³/mol. The molecule has 2 saturated heterocycles. The Morgan fingerprint density at radius 1 is 1.05 bits per heavy atom. The van der Waals surface area contributed by atoms with Gasteiger partial charge >= 0.3 is 6.18 Å². The molecule has 0 radical (unpaired) electrons. The zero-order chi connectivity index (χ0) is 31.6. The lowest BCUT2D eigenvalue weighted by molar-refractivity contribution is -0.145. The number of sulfonamides is 2. The predicted octanol–water partition coefficient (Wildman–Crippen LogP) is 3.88. The van der Waals surface area contributed by atoms with Crippen LogP contribution in [0.3, 0.4) is 0 Å². The molecule has 2 fully saturated rings. The van der Waals surface area contributed by atoms with Crippen molar-refractivity contribution in [1.29, 1.82) is 0 Å². The quantitative estimate of drug-likeness (QED) is 0.421. The summed E-state index contributed by atoms with van der Waals surface area (Å²) in [6.07, 6.45) is -3.33. The number of carbonyl (C=O) groups is 1. The number of rotatable bonds is 10. The molecule has 2 aromatic rings. The highest BCUT2D eigenvalue weighted by Gasteiger charge is 2.38. The summed E-state index contributed by atoms with van der Waals surface area (Å²) >= 11 is 0. The number of nitrogens with zero attached hydrogens (tertiary/aromatic N) is 2. The summed E-state index contributed by atoms with van der Waals surface area (Å²) in [5.41, 5.74) is 0.256. The van der Waals surface area contributed by atoms with Crippen LogP contribution in [0.15, 0.2) is 65.4 Å². The highest BCUT2D eigenvalue weighted by Crippen LogP contribution is 2.33. The summed E-state index contributed by atoms with van der Waals surface area (Å²) in [7, 11) is -7.71. The molecule has 43 heavy (non-hydrogen) atoms. The van der Waals surface area contributed by atoms with E-state index in [1.165, 1.54) is 28.6 Å². The lowest BCUT2D eigenvalue weighted by Crippen LogP contribution is -2.54. The van der Waals surface area contributed by atoms with Gasteiger partial charge in [-0.05, 0) is 68.5 Å². The monoisotopic (exact) mass is 643 g/mol. The number of hydrogen-bond acceptors (Lipinski definition) is 6. The van der Waals surface area contributed by atoms with Gasteiger partial charge in [-0.25, -0.2) is 21.6 Å². The van der Waals surface area contributed by atoms with Crippen LogP contribution in [0.4, 0.5) is 13.2 Å². The summed E-state index contributed by atoms with van der Waals surface area (Å²) in [6.45, 7) is 7.80. The van der Waals surface area contributed by atoms with Gasteiger partial charge in [-0.3, -0.25) is 4.79 Å². The van der Waals surface area contributed by atoms with Crippen LogP contribution in [-0.4, -0.2) is 76.4 Å². The third-order valence-corrected chi connectivity index (χ3v) is 10.9. The average Bonchev–Trinajstić information content (AvgIpc) is 3.44. The van der Waals surface area contributed by atoms with E-state index in [1.807, 2.05) is 13.8 Å². The molecule has 2 aliphatic heterocycles. The van der Waals surface area contributed by atoms with Crippen molar-refractivity contribution in [2.24, 2.45) is 0 Å². The molecular weight excluding hydrogens is 607 g/mol. The number of halogens is 3. The molecule has 2 aromatic carbocycles. The molecule has 2 heterocycles. The largest absolute Gasteiger partial charge is 0.416 e. The van der Waals surface area contributed by atoms with Gasteiger partial charge in [-0.15, -0.1) is 0 Å². The van der Waals surface area contributed by atoms with E-state index < -0.39 is 43.7 Å². The molecule has 0 spiro atoms. The Morgan fingerprint density at radius 2 is 1.65 bits per heavy atom. The number of benzene rings is 2. The normalized spacial score (nSPS) is 22.8. The standard InChI is InChI=1S/C29H36F3N3O6S2/c1-4-42(37,38)33-17-25-6-5-15-34(25)43(39,40)26-13-9-23(10-14-26)27(28(36)35-20(2)18-41-19-21(35)3)16-22-7-11-24(12-8-22)29(30,31)32/h4,7-14,20-21,25,27,33H,1,5-6,15-19H2,2-3H3/t20?,21?,25-,27?/m1/s1. The summed E-state index contributed by atoms with van der Waals surface area (Å²) < 4.78 is 99.2. The number of carbonyl (C=O) groups excluding carboxylic acids is 1. The number of nitrogens with one attached hydrogen (secondary N) is 1. The Hall–Kier alpha value is -2.78. The summed E-state index contributed by atoms with van der Waals surface area (Å²) in [5, 5.41) is 0.764. The fraction of sp³-hybridized carbons (Fsp3) is 0.483. The maximum absolute atomic E-state index is 14.0. The molecule has 0 aromatic heterocycles. The first-order chi connectivity index (χ1) is 20.1. The molecule has 0 saturated carbocycles. The van der Waals surface area contributed by atoms with Crippen LogP contribution in [0.25, 0.3) is 0 Å². The minimum atomic E-state index is -4.49. The van der Waals surface area contributed by atoms with Crippen molar-refractivity contribution in [3.05, 3.63) is 77.2 Å². The van der Waals surface area contributed by atoms with E-state index in [0.717, 1.165) is 17.5 Å². The highest BCUT2D eigenvalue weighted by atomic mass is 32.2. The van der Waals surface area contributed by atoms with Crippen LogP contribution < -0.4 is 4.72 Å². The van der Waals surface area contributed by atoms with Crippen LogP contribution in [0.2, 0.25) is 0 Å². The number of alkyl halides is 3. The zero-order valence-corrected chi connectivity index (χ0v) is 25.6. The third kappa shape index (κ3) is 7.66. The molecule has 0 bridgehead atoms. The molecule has 2 aliphatic rings. The molecule has 0 aliphatic carbocycles. The van der Waals surface area contributed by atoms with Crippen LogP contribution >= 0.6 is 0 Å². The highest BCUT2D eigenvalue weighted by molar-refractivity contribution is 7.92. The van der Waals surface area contributed by atoms with Gasteiger partial charge < -0.3 is 9.64 Å². The van der Waals surface area contributed by atoms with Gasteiger partial charge in [-0.2, -0.15) is 17.5 Å². The fourth-order valence-electron chi connectivity index (χ4n) is 5.64. The first-order valence-electron chi connectivity index (χ1n) is 13.9. The first kappa shape index (κ1) is 33.1. The van der Waals surface area contributed by atoms with Crippen molar-refractivity contribution in [1.82, 2.24) is 13.9 Å². The third-order valence-electron chi connectivity index (χ3n) is 7.89.